The minimum absolute atomic E-state index is 0.0268. The maximum Gasteiger partial charge on any atom is 0.251 e. The van der Waals surface area contributed by atoms with Gasteiger partial charge in [0.05, 0.1) is 5.75 Å². The predicted molar refractivity (Wildman–Crippen MR) is 141 cm³/mol. The highest BCUT2D eigenvalue weighted by molar-refractivity contribution is 8.00. The van der Waals surface area contributed by atoms with Crippen LogP contribution in [-0.4, -0.2) is 28.7 Å². The lowest BCUT2D eigenvalue weighted by Crippen LogP contribution is -2.27. The number of aromatic nitrogens is 1. The zero-order valence-corrected chi connectivity index (χ0v) is 20.5. The molecule has 0 atom stereocenters. The van der Waals surface area contributed by atoms with E-state index in [1.54, 1.807) is 0 Å². The topological polar surface area (TPSA) is 63.1 Å². The summed E-state index contributed by atoms with van der Waals surface area (Å²) in [5, 5.41) is 7.16. The Hall–Kier alpha value is -3.51. The fourth-order valence-corrected chi connectivity index (χ4v) is 4.83. The number of hydrogen-bond acceptors (Lipinski definition) is 3. The zero-order valence-electron chi connectivity index (χ0n) is 19.7. The van der Waals surface area contributed by atoms with Crippen molar-refractivity contribution in [2.45, 2.75) is 32.2 Å². The summed E-state index contributed by atoms with van der Waals surface area (Å²) in [6.45, 7) is 7.16. The molecular formula is C28H29N3O2S. The first-order valence-corrected chi connectivity index (χ1v) is 12.3. The lowest BCUT2D eigenvalue weighted by molar-refractivity contribution is -0.113. The molecule has 174 valence electrons. The van der Waals surface area contributed by atoms with Crippen LogP contribution in [0.5, 0.6) is 0 Å². The molecule has 1 heterocycles. The molecular weight excluding hydrogens is 442 g/mol. The van der Waals surface area contributed by atoms with Crippen molar-refractivity contribution in [1.82, 2.24) is 9.88 Å². The molecule has 0 aliphatic rings. The molecule has 6 heteroatoms. The minimum atomic E-state index is -0.0627. The quantitative estimate of drug-likeness (QED) is 0.323. The highest BCUT2D eigenvalue weighted by Gasteiger charge is 2.13. The molecule has 3 aromatic carbocycles. The molecule has 0 saturated carbocycles. The van der Waals surface area contributed by atoms with Crippen LogP contribution in [0.4, 0.5) is 5.69 Å². The second kappa shape index (κ2) is 10.6. The first-order chi connectivity index (χ1) is 16.4. The summed E-state index contributed by atoms with van der Waals surface area (Å²) in [6.07, 6.45) is 2.07. The molecule has 1 aromatic heterocycles. The van der Waals surface area contributed by atoms with Crippen LogP contribution < -0.4 is 10.6 Å². The molecule has 0 aliphatic heterocycles. The second-order valence-corrected chi connectivity index (χ2v) is 9.38. The highest BCUT2D eigenvalue weighted by atomic mass is 32.2. The Bertz CT molecular complexity index is 1340. The molecule has 0 fully saturated rings. The Morgan fingerprint density at radius 2 is 1.62 bits per heavy atom. The van der Waals surface area contributed by atoms with E-state index in [1.807, 2.05) is 75.4 Å². The molecule has 2 N–H and O–H groups in total. The molecule has 2 amide bonds. The van der Waals surface area contributed by atoms with Crippen LogP contribution in [0.15, 0.2) is 77.8 Å². The summed E-state index contributed by atoms with van der Waals surface area (Å²) < 4.78 is 2.14. The number of benzene rings is 3. The molecule has 0 radical (unpaired) electrons. The first kappa shape index (κ1) is 23.6. The summed E-state index contributed by atoms with van der Waals surface area (Å²) in [5.74, 6) is 0.235. The third kappa shape index (κ3) is 5.34. The molecule has 0 bridgehead atoms. The summed E-state index contributed by atoms with van der Waals surface area (Å²) >= 11 is 1.53. The Balaban J connectivity index is 1.40. The SMILES string of the molecule is Cc1ccccc1C(=O)NCCn1cc(SCC(=O)Nc2cccc(C)c2C)c2ccccc21. The number of anilines is 1. The largest absolute Gasteiger partial charge is 0.350 e. The van der Waals surface area contributed by atoms with Gasteiger partial charge in [-0.25, -0.2) is 0 Å². The average molecular weight is 472 g/mol. The number of para-hydroxylation sites is 1. The van der Waals surface area contributed by atoms with Crippen molar-refractivity contribution in [3.8, 4) is 0 Å². The van der Waals surface area contributed by atoms with Crippen molar-refractivity contribution in [3.63, 3.8) is 0 Å². The van der Waals surface area contributed by atoms with Crippen molar-refractivity contribution in [2.24, 2.45) is 0 Å². The van der Waals surface area contributed by atoms with Crippen LogP contribution in [0, 0.1) is 20.8 Å². The van der Waals surface area contributed by atoms with E-state index in [1.165, 1.54) is 11.8 Å². The van der Waals surface area contributed by atoms with Gasteiger partial charge in [0.15, 0.2) is 0 Å². The van der Waals surface area contributed by atoms with Gasteiger partial charge in [-0.2, -0.15) is 0 Å². The fraction of sp³-hybridized carbons (Fsp3) is 0.214. The van der Waals surface area contributed by atoms with Gasteiger partial charge >= 0.3 is 0 Å². The van der Waals surface area contributed by atoms with E-state index in [0.29, 0.717) is 24.4 Å². The number of rotatable bonds is 8. The van der Waals surface area contributed by atoms with Crippen molar-refractivity contribution in [2.75, 3.05) is 17.6 Å². The van der Waals surface area contributed by atoms with Crippen LogP contribution in [0.3, 0.4) is 0 Å². The smallest absolute Gasteiger partial charge is 0.251 e. The van der Waals surface area contributed by atoms with Gasteiger partial charge in [-0.15, -0.1) is 11.8 Å². The molecule has 0 spiro atoms. The Kier molecular flexibility index (Phi) is 7.38. The summed E-state index contributed by atoms with van der Waals surface area (Å²) in [6, 6.07) is 21.7. The second-order valence-electron chi connectivity index (χ2n) is 8.36. The van der Waals surface area contributed by atoms with Gasteiger partial charge in [-0.05, 0) is 55.7 Å². The number of nitrogens with one attached hydrogen (secondary N) is 2. The van der Waals surface area contributed by atoms with E-state index in [0.717, 1.165) is 38.2 Å². The van der Waals surface area contributed by atoms with Crippen LogP contribution in [0.2, 0.25) is 0 Å². The lowest BCUT2D eigenvalue weighted by atomic mass is 10.1. The number of carbonyl (C=O) groups excluding carboxylic acids is 2. The fourth-order valence-electron chi connectivity index (χ4n) is 3.94. The van der Waals surface area contributed by atoms with E-state index >= 15 is 0 Å². The van der Waals surface area contributed by atoms with Gasteiger partial charge < -0.3 is 15.2 Å². The minimum Gasteiger partial charge on any atom is -0.350 e. The lowest BCUT2D eigenvalue weighted by Gasteiger charge is -2.10. The van der Waals surface area contributed by atoms with Crippen LogP contribution in [-0.2, 0) is 11.3 Å². The Morgan fingerprint density at radius 1 is 0.882 bits per heavy atom. The van der Waals surface area contributed by atoms with E-state index in [4.69, 9.17) is 0 Å². The highest BCUT2D eigenvalue weighted by Crippen LogP contribution is 2.30. The van der Waals surface area contributed by atoms with Crippen molar-refractivity contribution < 1.29 is 9.59 Å². The average Bonchev–Trinajstić information content (AvgIpc) is 3.18. The van der Waals surface area contributed by atoms with E-state index in [9.17, 15) is 9.59 Å². The maximum atomic E-state index is 12.6. The van der Waals surface area contributed by atoms with E-state index < -0.39 is 0 Å². The maximum absolute atomic E-state index is 12.6. The summed E-state index contributed by atoms with van der Waals surface area (Å²) in [4.78, 5) is 26.2. The molecule has 34 heavy (non-hydrogen) atoms. The number of hydrogen-bond donors (Lipinski definition) is 2. The Labute approximate surface area is 204 Å². The van der Waals surface area contributed by atoms with Gasteiger partial charge in [-0.3, -0.25) is 9.59 Å². The number of nitrogens with zero attached hydrogens (tertiary/aromatic N) is 1. The third-order valence-electron chi connectivity index (χ3n) is 6.02. The van der Waals surface area contributed by atoms with Crippen molar-refractivity contribution >= 4 is 40.2 Å². The van der Waals surface area contributed by atoms with Crippen molar-refractivity contribution in [3.05, 3.63) is 95.2 Å². The first-order valence-electron chi connectivity index (χ1n) is 11.3. The zero-order chi connectivity index (χ0) is 24.1. The van der Waals surface area contributed by atoms with Gasteiger partial charge in [0.25, 0.3) is 5.91 Å². The van der Waals surface area contributed by atoms with Crippen LogP contribution >= 0.6 is 11.8 Å². The van der Waals surface area contributed by atoms with Gasteiger partial charge in [0.1, 0.15) is 0 Å². The van der Waals surface area contributed by atoms with Gasteiger partial charge in [0.2, 0.25) is 5.91 Å². The Morgan fingerprint density at radius 3 is 2.44 bits per heavy atom. The predicted octanol–water partition coefficient (Wildman–Crippen LogP) is 5.73. The van der Waals surface area contributed by atoms with Crippen LogP contribution in [0.1, 0.15) is 27.0 Å². The van der Waals surface area contributed by atoms with E-state index in [2.05, 4.69) is 33.5 Å². The summed E-state index contributed by atoms with van der Waals surface area (Å²) in [7, 11) is 0. The molecule has 5 nitrogen and oxygen atoms in total. The third-order valence-corrected chi connectivity index (χ3v) is 7.06. The summed E-state index contributed by atoms with van der Waals surface area (Å²) in [5.41, 5.74) is 5.85. The van der Waals surface area contributed by atoms with Gasteiger partial charge in [0, 0.05) is 46.3 Å². The number of fused-ring (bicyclic) bond motifs is 1. The molecule has 0 unspecified atom stereocenters. The van der Waals surface area contributed by atoms with Gasteiger partial charge in [-0.1, -0.05) is 48.5 Å². The molecule has 0 saturated heterocycles. The number of amides is 2. The monoisotopic (exact) mass is 471 g/mol. The molecule has 4 aromatic rings. The number of aryl methyl sites for hydroxylation is 2. The normalized spacial score (nSPS) is 10.9. The molecule has 0 aliphatic carbocycles. The van der Waals surface area contributed by atoms with Crippen molar-refractivity contribution in [1.29, 1.82) is 0 Å². The van der Waals surface area contributed by atoms with E-state index in [-0.39, 0.29) is 11.8 Å². The number of thioether (sulfide) groups is 1. The van der Waals surface area contributed by atoms with Crippen LogP contribution in [0.25, 0.3) is 10.9 Å². The molecule has 4 rings (SSSR count). The number of carbonyl (C=O) groups is 2. The standard InChI is InChI=1S/C28H29N3O2S/c1-19-10-8-13-24(21(19)3)30-27(32)18-34-26-17-31(25-14-7-6-12-23(25)26)16-15-29-28(33)22-11-5-4-9-20(22)2/h4-14,17H,15-16,18H2,1-3H3,(H,29,33)(H,30,32).